The lowest BCUT2D eigenvalue weighted by atomic mass is 10.2. The summed E-state index contributed by atoms with van der Waals surface area (Å²) in [6, 6.07) is 8.30. The van der Waals surface area contributed by atoms with Gasteiger partial charge in [0.25, 0.3) is 0 Å². The van der Waals surface area contributed by atoms with Crippen LogP contribution in [-0.2, 0) is 4.74 Å². The van der Waals surface area contributed by atoms with Crippen molar-refractivity contribution in [3.63, 3.8) is 0 Å². The lowest BCUT2D eigenvalue weighted by molar-refractivity contribution is 0.0624. The van der Waals surface area contributed by atoms with Crippen LogP contribution in [0, 0.1) is 0 Å². The highest BCUT2D eigenvalue weighted by molar-refractivity contribution is 5.96. The van der Waals surface area contributed by atoms with E-state index >= 15 is 0 Å². The van der Waals surface area contributed by atoms with E-state index in [2.05, 4.69) is 9.72 Å². The Bertz CT molecular complexity index is 491. The molecule has 0 N–H and O–H groups in total. The SMILES string of the molecule is O=C(OC(=O)n1ccnc1)c1ccccc1. The van der Waals surface area contributed by atoms with Gasteiger partial charge in [0.2, 0.25) is 0 Å². The van der Waals surface area contributed by atoms with Gasteiger partial charge in [-0.25, -0.2) is 19.1 Å². The molecule has 0 saturated carbocycles. The monoisotopic (exact) mass is 216 g/mol. The van der Waals surface area contributed by atoms with Gasteiger partial charge in [0, 0.05) is 12.4 Å². The molecule has 0 spiro atoms. The molecule has 2 aromatic rings. The normalized spacial score (nSPS) is 9.75. The molecule has 5 nitrogen and oxygen atoms in total. The smallest absolute Gasteiger partial charge is 0.372 e. The molecule has 0 aliphatic rings. The van der Waals surface area contributed by atoms with Gasteiger partial charge in [-0.3, -0.25) is 0 Å². The minimum Gasteiger partial charge on any atom is -0.372 e. The maximum Gasteiger partial charge on any atom is 0.427 e. The van der Waals surface area contributed by atoms with E-state index in [1.165, 1.54) is 18.7 Å². The summed E-state index contributed by atoms with van der Waals surface area (Å²) in [6.45, 7) is 0. The molecule has 0 fully saturated rings. The lowest BCUT2D eigenvalue weighted by Crippen LogP contribution is -2.17. The summed E-state index contributed by atoms with van der Waals surface area (Å²) in [4.78, 5) is 26.5. The van der Waals surface area contributed by atoms with Crippen molar-refractivity contribution in [2.75, 3.05) is 0 Å². The van der Waals surface area contributed by atoms with Crippen LogP contribution in [0.3, 0.4) is 0 Å². The highest BCUT2D eigenvalue weighted by Gasteiger charge is 2.13. The molecule has 0 aliphatic carbocycles. The molecule has 1 heterocycles. The Hall–Kier alpha value is -2.43. The van der Waals surface area contributed by atoms with E-state index in [1.807, 2.05) is 0 Å². The molecule has 0 aliphatic heterocycles. The molecule has 0 amide bonds. The number of hydrogen-bond acceptors (Lipinski definition) is 4. The summed E-state index contributed by atoms with van der Waals surface area (Å²) in [5.74, 6) is -0.681. The van der Waals surface area contributed by atoms with Gasteiger partial charge in [-0.2, -0.15) is 0 Å². The van der Waals surface area contributed by atoms with Crippen LogP contribution in [0.25, 0.3) is 0 Å². The summed E-state index contributed by atoms with van der Waals surface area (Å²) in [6.07, 6.45) is 3.32. The maximum absolute atomic E-state index is 11.5. The number of carbonyl (C=O) groups excluding carboxylic acids is 2. The minimum absolute atomic E-state index is 0.330. The average Bonchev–Trinajstić information content (AvgIpc) is 2.83. The third kappa shape index (κ3) is 2.14. The molecule has 0 bridgehead atoms. The Morgan fingerprint density at radius 1 is 1.19 bits per heavy atom. The van der Waals surface area contributed by atoms with Gasteiger partial charge in [-0.1, -0.05) is 18.2 Å². The van der Waals surface area contributed by atoms with Gasteiger partial charge in [0.15, 0.2) is 0 Å². The number of carbonyl (C=O) groups is 2. The second-order valence-corrected chi connectivity index (χ2v) is 2.99. The Morgan fingerprint density at radius 2 is 1.94 bits per heavy atom. The number of nitrogens with zero attached hydrogens (tertiary/aromatic N) is 2. The first-order valence-corrected chi connectivity index (χ1v) is 4.57. The van der Waals surface area contributed by atoms with Crippen molar-refractivity contribution >= 4 is 12.1 Å². The summed E-state index contributed by atoms with van der Waals surface area (Å²) in [5.41, 5.74) is 0.330. The van der Waals surface area contributed by atoms with Gasteiger partial charge in [0.1, 0.15) is 6.33 Å². The Balaban J connectivity index is 2.06. The van der Waals surface area contributed by atoms with Crippen LogP contribution < -0.4 is 0 Å². The highest BCUT2D eigenvalue weighted by Crippen LogP contribution is 2.02. The van der Waals surface area contributed by atoms with Crippen molar-refractivity contribution in [2.45, 2.75) is 0 Å². The van der Waals surface area contributed by atoms with Gasteiger partial charge < -0.3 is 4.74 Å². The average molecular weight is 216 g/mol. The number of benzene rings is 1. The Kier molecular flexibility index (Phi) is 2.77. The molecule has 2 rings (SSSR count). The quantitative estimate of drug-likeness (QED) is 0.537. The van der Waals surface area contributed by atoms with Crippen molar-refractivity contribution in [3.05, 3.63) is 54.6 Å². The van der Waals surface area contributed by atoms with Crippen LogP contribution in [-0.4, -0.2) is 21.6 Å². The molecule has 16 heavy (non-hydrogen) atoms. The second kappa shape index (κ2) is 4.39. The molecule has 0 atom stereocenters. The van der Waals surface area contributed by atoms with E-state index in [9.17, 15) is 9.59 Å². The van der Waals surface area contributed by atoms with Crippen molar-refractivity contribution < 1.29 is 14.3 Å². The van der Waals surface area contributed by atoms with E-state index in [0.29, 0.717) is 5.56 Å². The van der Waals surface area contributed by atoms with E-state index < -0.39 is 12.1 Å². The molecular weight excluding hydrogens is 208 g/mol. The summed E-state index contributed by atoms with van der Waals surface area (Å²) < 4.78 is 5.71. The molecule has 0 unspecified atom stereocenters. The number of imidazole rings is 1. The van der Waals surface area contributed by atoms with Gasteiger partial charge in [-0.05, 0) is 12.1 Å². The highest BCUT2D eigenvalue weighted by atomic mass is 16.6. The van der Waals surface area contributed by atoms with E-state index in [1.54, 1.807) is 30.3 Å². The summed E-state index contributed by atoms with van der Waals surface area (Å²) >= 11 is 0. The zero-order valence-corrected chi connectivity index (χ0v) is 8.24. The van der Waals surface area contributed by atoms with Crippen molar-refractivity contribution in [1.82, 2.24) is 9.55 Å². The van der Waals surface area contributed by atoms with E-state index in [-0.39, 0.29) is 0 Å². The number of rotatable bonds is 1. The molecule has 0 saturated heterocycles. The largest absolute Gasteiger partial charge is 0.427 e. The first-order valence-electron chi connectivity index (χ1n) is 4.57. The Labute approximate surface area is 91.3 Å². The first-order chi connectivity index (χ1) is 7.77. The van der Waals surface area contributed by atoms with Crippen molar-refractivity contribution in [3.8, 4) is 0 Å². The van der Waals surface area contributed by atoms with Crippen LogP contribution in [0.5, 0.6) is 0 Å². The minimum atomic E-state index is -0.772. The van der Waals surface area contributed by atoms with E-state index in [0.717, 1.165) is 4.57 Å². The summed E-state index contributed by atoms with van der Waals surface area (Å²) in [5, 5.41) is 0. The zero-order chi connectivity index (χ0) is 11.4. The molecule has 5 heteroatoms. The third-order valence-corrected chi connectivity index (χ3v) is 1.90. The van der Waals surface area contributed by atoms with Gasteiger partial charge in [0.05, 0.1) is 5.56 Å². The predicted octanol–water partition coefficient (Wildman–Crippen LogP) is 1.71. The topological polar surface area (TPSA) is 61.2 Å². The predicted molar refractivity (Wildman–Crippen MR) is 54.9 cm³/mol. The fourth-order valence-corrected chi connectivity index (χ4v) is 1.13. The van der Waals surface area contributed by atoms with Crippen LogP contribution >= 0.6 is 0 Å². The summed E-state index contributed by atoms with van der Waals surface area (Å²) in [7, 11) is 0. The van der Waals surface area contributed by atoms with Crippen LogP contribution in [0.2, 0.25) is 0 Å². The van der Waals surface area contributed by atoms with Crippen LogP contribution in [0.1, 0.15) is 10.4 Å². The molecule has 0 radical (unpaired) electrons. The second-order valence-electron chi connectivity index (χ2n) is 2.99. The molecular formula is C11H8N2O3. The Morgan fingerprint density at radius 3 is 2.56 bits per heavy atom. The fourth-order valence-electron chi connectivity index (χ4n) is 1.13. The van der Waals surface area contributed by atoms with Crippen LogP contribution in [0.15, 0.2) is 49.1 Å². The standard InChI is InChI=1S/C11H8N2O3/c14-10(9-4-2-1-3-5-9)16-11(15)13-7-6-12-8-13/h1-8H. The van der Waals surface area contributed by atoms with E-state index in [4.69, 9.17) is 0 Å². The third-order valence-electron chi connectivity index (χ3n) is 1.90. The number of ether oxygens (including phenoxy) is 1. The first kappa shape index (κ1) is 10.1. The lowest BCUT2D eigenvalue weighted by Gasteiger charge is -2.02. The van der Waals surface area contributed by atoms with Crippen LogP contribution in [0.4, 0.5) is 4.79 Å². The molecule has 80 valence electrons. The molecule has 1 aromatic carbocycles. The van der Waals surface area contributed by atoms with Crippen molar-refractivity contribution in [1.29, 1.82) is 0 Å². The number of hydrogen-bond donors (Lipinski definition) is 0. The van der Waals surface area contributed by atoms with Crippen molar-refractivity contribution in [2.24, 2.45) is 0 Å². The molecule has 1 aromatic heterocycles. The number of aromatic nitrogens is 2. The number of esters is 1. The fraction of sp³-hybridized carbons (Fsp3) is 0. The van der Waals surface area contributed by atoms with Gasteiger partial charge >= 0.3 is 12.1 Å². The van der Waals surface area contributed by atoms with Gasteiger partial charge in [-0.15, -0.1) is 0 Å². The zero-order valence-electron chi connectivity index (χ0n) is 8.24. The maximum atomic E-state index is 11.5.